The number of aromatic amines is 2. The van der Waals surface area contributed by atoms with Crippen LogP contribution in [0.5, 0.6) is 0 Å². The zero-order valence-electron chi connectivity index (χ0n) is 32.2. The van der Waals surface area contributed by atoms with Crippen LogP contribution >= 0.6 is 22.7 Å². The third kappa shape index (κ3) is 7.30. The molecule has 58 heavy (non-hydrogen) atoms. The minimum atomic E-state index is -0.711. The zero-order chi connectivity index (χ0) is 40.7. The fourth-order valence-electron chi connectivity index (χ4n) is 7.65. The average molecular weight is 824 g/mol. The normalized spacial score (nSPS) is 17.1. The molecule has 5 N–H and O–H groups in total. The van der Waals surface area contributed by atoms with Crippen molar-refractivity contribution in [1.29, 1.82) is 0 Å². The molecule has 3 atom stereocenters. The molecule has 17 heteroatoms. The van der Waals surface area contributed by atoms with Crippen LogP contribution in [-0.4, -0.2) is 93.5 Å². The molecule has 3 unspecified atom stereocenters. The van der Waals surface area contributed by atoms with Crippen molar-refractivity contribution in [2.75, 3.05) is 33.8 Å². The topological polar surface area (TPSA) is 177 Å². The molecule has 6 heterocycles. The average Bonchev–Trinajstić information content (AvgIpc) is 4.08. The second kappa shape index (κ2) is 16.1. The number of aromatic nitrogens is 4. The van der Waals surface area contributed by atoms with E-state index in [2.05, 4.69) is 47.7 Å². The number of hydrogen-bond acceptors (Lipinski definition) is 9. The monoisotopic (exact) mass is 823 g/mol. The third-order valence-electron chi connectivity index (χ3n) is 10.7. The van der Waals surface area contributed by atoms with E-state index in [1.165, 1.54) is 20.2 Å². The van der Waals surface area contributed by atoms with Crippen LogP contribution in [0.3, 0.4) is 0 Å². The van der Waals surface area contributed by atoms with Crippen LogP contribution in [0.1, 0.15) is 50.4 Å². The minimum absolute atomic E-state index is 0.125. The first-order valence-corrected chi connectivity index (χ1v) is 20.7. The number of likely N-dealkylation sites (tertiary alicyclic amines) is 1. The van der Waals surface area contributed by atoms with Crippen molar-refractivity contribution in [3.8, 4) is 33.5 Å². The molecule has 1 fully saturated rings. The van der Waals surface area contributed by atoms with Gasteiger partial charge in [-0.2, -0.15) is 0 Å². The van der Waals surface area contributed by atoms with E-state index in [9.17, 15) is 19.2 Å². The maximum atomic E-state index is 15.9. The number of imidazole rings is 2. The summed E-state index contributed by atoms with van der Waals surface area (Å²) in [4.78, 5) is 69.5. The van der Waals surface area contributed by atoms with E-state index in [-0.39, 0.29) is 30.3 Å². The van der Waals surface area contributed by atoms with Crippen LogP contribution in [0.15, 0.2) is 65.5 Å². The summed E-state index contributed by atoms with van der Waals surface area (Å²) in [6, 6.07) is 9.43. The number of carbonyl (C=O) groups excluding carboxylic acids is 4. The standard InChI is InChI=1S/C41H42FN9O5S2/c1-21(2)34(49-41(55)56-4)39(53)51-14-6-8-32(51)38-46-28-12-10-23(16-29(28)47-38)26-20-58-35-25(19-57-36(26)35)22-9-11-24(27(42)15-22)30-17-44-37(48-30)31-7-5-13-50(31)33(52)18-45-40(54)43-3/h5,7,9-12,15-17,19-21,31-32,34H,6,8,13-14,18H2,1-4H3,(H,44,48)(H,46,47)(H,49,55)(H2,43,45,54). The molecular formula is C41H42FN9O5S2. The van der Waals surface area contributed by atoms with E-state index >= 15 is 4.39 Å². The zero-order valence-corrected chi connectivity index (χ0v) is 33.9. The Kier molecular flexibility index (Phi) is 10.7. The van der Waals surface area contributed by atoms with Gasteiger partial charge in [0.1, 0.15) is 29.5 Å². The maximum absolute atomic E-state index is 15.9. The van der Waals surface area contributed by atoms with E-state index in [4.69, 9.17) is 9.72 Å². The Morgan fingerprint density at radius 3 is 2.43 bits per heavy atom. The third-order valence-corrected chi connectivity index (χ3v) is 12.8. The highest BCUT2D eigenvalue weighted by molar-refractivity contribution is 7.27. The smallest absolute Gasteiger partial charge is 0.407 e. The van der Waals surface area contributed by atoms with Crippen molar-refractivity contribution in [2.24, 2.45) is 5.92 Å². The molecule has 2 aromatic carbocycles. The van der Waals surface area contributed by atoms with E-state index in [0.717, 1.165) is 55.5 Å². The molecule has 6 aromatic rings. The number of halogens is 1. The van der Waals surface area contributed by atoms with Crippen LogP contribution in [0.4, 0.5) is 14.0 Å². The van der Waals surface area contributed by atoms with Crippen molar-refractivity contribution < 1.29 is 28.3 Å². The molecule has 1 saturated heterocycles. The number of nitrogens with zero attached hydrogens (tertiary/aromatic N) is 4. The summed E-state index contributed by atoms with van der Waals surface area (Å²) in [5, 5.41) is 11.8. The Hall–Kier alpha value is -6.07. The van der Waals surface area contributed by atoms with Crippen molar-refractivity contribution in [3.05, 3.63) is 83.0 Å². The molecule has 4 aromatic heterocycles. The Bertz CT molecular complexity index is 2570. The van der Waals surface area contributed by atoms with E-state index in [1.807, 2.05) is 44.2 Å². The summed E-state index contributed by atoms with van der Waals surface area (Å²) < 4.78 is 22.8. The fraction of sp³-hybridized carbons (Fsp3) is 0.317. The number of H-pyrrole nitrogens is 2. The molecule has 0 bridgehead atoms. The van der Waals surface area contributed by atoms with E-state index in [1.54, 1.807) is 44.7 Å². The summed E-state index contributed by atoms with van der Waals surface area (Å²) in [7, 11) is 2.76. The molecular weight excluding hydrogens is 782 g/mol. The fourth-order valence-corrected chi connectivity index (χ4v) is 10.1. The van der Waals surface area contributed by atoms with Gasteiger partial charge in [0.2, 0.25) is 11.8 Å². The first-order chi connectivity index (χ1) is 28.0. The molecule has 2 aliphatic heterocycles. The summed E-state index contributed by atoms with van der Waals surface area (Å²) >= 11 is 3.22. The molecule has 5 amide bonds. The number of hydrogen-bond donors (Lipinski definition) is 5. The van der Waals surface area contributed by atoms with Gasteiger partial charge < -0.3 is 40.5 Å². The lowest BCUT2D eigenvalue weighted by Crippen LogP contribution is -2.51. The molecule has 0 spiro atoms. The molecule has 8 rings (SSSR count). The largest absolute Gasteiger partial charge is 0.453 e. The minimum Gasteiger partial charge on any atom is -0.453 e. The summed E-state index contributed by atoms with van der Waals surface area (Å²) in [6.07, 6.45) is 6.23. The van der Waals surface area contributed by atoms with Gasteiger partial charge in [-0.3, -0.25) is 9.59 Å². The highest BCUT2D eigenvalue weighted by atomic mass is 32.1. The Morgan fingerprint density at radius 2 is 1.72 bits per heavy atom. The number of methoxy groups -OCH3 is 1. The Morgan fingerprint density at radius 1 is 0.983 bits per heavy atom. The van der Waals surface area contributed by atoms with Crippen molar-refractivity contribution >= 4 is 67.0 Å². The highest BCUT2D eigenvalue weighted by Gasteiger charge is 2.37. The first-order valence-electron chi connectivity index (χ1n) is 18.9. The first kappa shape index (κ1) is 38.8. The van der Waals surface area contributed by atoms with Gasteiger partial charge in [-0.15, -0.1) is 22.7 Å². The number of rotatable bonds is 10. The molecule has 0 saturated carbocycles. The van der Waals surface area contributed by atoms with Gasteiger partial charge >= 0.3 is 12.1 Å². The number of alkyl carbamates (subject to hydrolysis) is 1. The number of carbonyl (C=O) groups is 4. The molecule has 0 aliphatic carbocycles. The van der Waals surface area contributed by atoms with Gasteiger partial charge in [-0.05, 0) is 54.2 Å². The van der Waals surface area contributed by atoms with Gasteiger partial charge in [0, 0.05) is 47.6 Å². The van der Waals surface area contributed by atoms with Crippen molar-refractivity contribution in [3.63, 3.8) is 0 Å². The van der Waals surface area contributed by atoms with E-state index in [0.29, 0.717) is 36.0 Å². The number of ether oxygens (including phenoxy) is 1. The molecule has 2 aliphatic rings. The summed E-state index contributed by atoms with van der Waals surface area (Å²) in [5.74, 6) is 0.253. The molecule has 0 radical (unpaired) electrons. The van der Waals surface area contributed by atoms with Crippen LogP contribution in [0.25, 0.3) is 53.9 Å². The van der Waals surface area contributed by atoms with Crippen LogP contribution < -0.4 is 16.0 Å². The maximum Gasteiger partial charge on any atom is 0.407 e. The van der Waals surface area contributed by atoms with Gasteiger partial charge in [0.25, 0.3) is 0 Å². The number of fused-ring (bicyclic) bond motifs is 2. The lowest BCUT2D eigenvalue weighted by Gasteiger charge is -2.29. The second-order valence-electron chi connectivity index (χ2n) is 14.6. The quantitative estimate of drug-likeness (QED) is 0.0914. The van der Waals surface area contributed by atoms with Crippen molar-refractivity contribution in [2.45, 2.75) is 44.8 Å². The summed E-state index contributed by atoms with van der Waals surface area (Å²) in [5.41, 5.74) is 6.29. The number of nitrogens with one attached hydrogen (secondary N) is 5. The Balaban J connectivity index is 0.995. The summed E-state index contributed by atoms with van der Waals surface area (Å²) in [6.45, 7) is 4.57. The molecule has 300 valence electrons. The number of thiophene rings is 2. The second-order valence-corrected chi connectivity index (χ2v) is 16.3. The van der Waals surface area contributed by atoms with Gasteiger partial charge in [0.05, 0.1) is 52.0 Å². The SMILES string of the molecule is CNC(=O)NCC(=O)N1CC=CC1c1ncc(-c2ccc(-c3csc4c(-c5ccc6nc(C7CCCN7C(=O)C(NC(=O)OC)C(C)C)[nH]c6c5)csc34)cc2F)[nH]1. The van der Waals surface area contributed by atoms with Crippen LogP contribution in [0, 0.1) is 11.7 Å². The van der Waals surface area contributed by atoms with Crippen LogP contribution in [-0.2, 0) is 14.3 Å². The van der Waals surface area contributed by atoms with Gasteiger partial charge in [-0.25, -0.2) is 23.9 Å². The number of amides is 5. The molecule has 14 nitrogen and oxygen atoms in total. The predicted octanol–water partition coefficient (Wildman–Crippen LogP) is 7.11. The lowest BCUT2D eigenvalue weighted by atomic mass is 10.0. The van der Waals surface area contributed by atoms with Crippen molar-refractivity contribution in [1.82, 2.24) is 45.7 Å². The van der Waals surface area contributed by atoms with Gasteiger partial charge in [-0.1, -0.05) is 38.1 Å². The van der Waals surface area contributed by atoms with Gasteiger partial charge in [0.15, 0.2) is 0 Å². The lowest BCUT2D eigenvalue weighted by molar-refractivity contribution is -0.135. The number of benzene rings is 2. The van der Waals surface area contributed by atoms with Crippen LogP contribution in [0.2, 0.25) is 0 Å². The predicted molar refractivity (Wildman–Crippen MR) is 222 cm³/mol. The van der Waals surface area contributed by atoms with E-state index < -0.39 is 30.0 Å². The highest BCUT2D eigenvalue weighted by Crippen LogP contribution is 2.45. The number of urea groups is 1. The Labute approximate surface area is 340 Å².